The second kappa shape index (κ2) is 6.60. The Labute approximate surface area is 82.8 Å². The van der Waals surface area contributed by atoms with Crippen LogP contribution in [0.25, 0.3) is 0 Å². The molecule has 0 atom stereocenters. The van der Waals surface area contributed by atoms with E-state index in [9.17, 15) is 0 Å². The molecule has 0 spiro atoms. The van der Waals surface area contributed by atoms with Crippen molar-refractivity contribution in [3.63, 3.8) is 0 Å². The molecule has 0 radical (unpaired) electrons. The first-order valence-corrected chi connectivity index (χ1v) is 4.95. The molecule has 0 bridgehead atoms. The van der Waals surface area contributed by atoms with Crippen molar-refractivity contribution in [3.05, 3.63) is 12.3 Å². The highest BCUT2D eigenvalue weighted by Gasteiger charge is 1.97. The van der Waals surface area contributed by atoms with Gasteiger partial charge in [-0.05, 0) is 6.42 Å². The molecule has 0 fully saturated rings. The molecule has 1 nitrogen and oxygen atoms in total. The van der Waals surface area contributed by atoms with Crippen LogP contribution >= 0.6 is 0 Å². The SMILES string of the molecule is C=C(CCC)N(C)CC#CC(C)C. The van der Waals surface area contributed by atoms with Crippen LogP contribution < -0.4 is 0 Å². The fraction of sp³-hybridized carbons (Fsp3) is 0.667. The average molecular weight is 179 g/mol. The highest BCUT2D eigenvalue weighted by Crippen LogP contribution is 2.05. The molecule has 74 valence electrons. The number of nitrogens with zero attached hydrogens (tertiary/aromatic N) is 1. The normalized spacial score (nSPS) is 9.31. The number of hydrogen-bond donors (Lipinski definition) is 0. The molecule has 0 rings (SSSR count). The van der Waals surface area contributed by atoms with E-state index in [0.717, 1.165) is 19.4 Å². The van der Waals surface area contributed by atoms with Gasteiger partial charge in [0, 0.05) is 18.7 Å². The van der Waals surface area contributed by atoms with Gasteiger partial charge in [0.15, 0.2) is 0 Å². The zero-order valence-corrected chi connectivity index (χ0v) is 9.35. The van der Waals surface area contributed by atoms with Gasteiger partial charge in [-0.15, -0.1) is 0 Å². The molecule has 0 aliphatic rings. The molecule has 0 aromatic heterocycles. The summed E-state index contributed by atoms with van der Waals surface area (Å²) in [6, 6.07) is 0. The summed E-state index contributed by atoms with van der Waals surface area (Å²) in [5.41, 5.74) is 1.18. The summed E-state index contributed by atoms with van der Waals surface area (Å²) in [6.45, 7) is 11.2. The molecule has 0 aliphatic carbocycles. The minimum absolute atomic E-state index is 0.466. The van der Waals surface area contributed by atoms with Crippen molar-refractivity contribution in [1.82, 2.24) is 4.90 Å². The molecule has 0 saturated carbocycles. The molecular formula is C12H21N. The predicted molar refractivity (Wildman–Crippen MR) is 59.3 cm³/mol. The van der Waals surface area contributed by atoms with Crippen molar-refractivity contribution < 1.29 is 0 Å². The Morgan fingerprint density at radius 3 is 2.54 bits per heavy atom. The van der Waals surface area contributed by atoms with Crippen molar-refractivity contribution in [1.29, 1.82) is 0 Å². The quantitative estimate of drug-likeness (QED) is 0.600. The minimum atomic E-state index is 0.466. The van der Waals surface area contributed by atoms with Gasteiger partial charge in [-0.25, -0.2) is 0 Å². The molecule has 0 saturated heterocycles. The molecule has 0 N–H and O–H groups in total. The summed E-state index contributed by atoms with van der Waals surface area (Å²) >= 11 is 0. The van der Waals surface area contributed by atoms with E-state index >= 15 is 0 Å². The first-order valence-electron chi connectivity index (χ1n) is 4.95. The van der Waals surface area contributed by atoms with E-state index in [2.05, 4.69) is 44.1 Å². The van der Waals surface area contributed by atoms with E-state index in [1.807, 2.05) is 7.05 Å². The third kappa shape index (κ3) is 6.28. The van der Waals surface area contributed by atoms with Crippen LogP contribution in [0.15, 0.2) is 12.3 Å². The lowest BCUT2D eigenvalue weighted by molar-refractivity contribution is 0.450. The molecule has 13 heavy (non-hydrogen) atoms. The molecule has 0 aromatic rings. The van der Waals surface area contributed by atoms with Crippen LogP contribution in [-0.2, 0) is 0 Å². The molecule has 0 aromatic carbocycles. The summed E-state index contributed by atoms with van der Waals surface area (Å²) in [7, 11) is 2.05. The zero-order valence-electron chi connectivity index (χ0n) is 9.35. The van der Waals surface area contributed by atoms with Crippen LogP contribution in [-0.4, -0.2) is 18.5 Å². The maximum atomic E-state index is 4.00. The Hall–Kier alpha value is -0.900. The van der Waals surface area contributed by atoms with E-state index in [0.29, 0.717) is 5.92 Å². The van der Waals surface area contributed by atoms with Crippen LogP contribution in [0.3, 0.4) is 0 Å². The zero-order chi connectivity index (χ0) is 10.3. The Balaban J connectivity index is 3.82. The highest BCUT2D eigenvalue weighted by molar-refractivity contribution is 5.06. The summed E-state index contributed by atoms with van der Waals surface area (Å²) in [6.07, 6.45) is 2.22. The summed E-state index contributed by atoms with van der Waals surface area (Å²) in [4.78, 5) is 2.12. The second-order valence-corrected chi connectivity index (χ2v) is 3.65. The first kappa shape index (κ1) is 12.1. The van der Waals surface area contributed by atoms with E-state index in [1.165, 1.54) is 5.70 Å². The first-order chi connectivity index (χ1) is 6.07. The fourth-order valence-electron chi connectivity index (χ4n) is 0.960. The van der Waals surface area contributed by atoms with Crippen molar-refractivity contribution in [2.45, 2.75) is 33.6 Å². The maximum Gasteiger partial charge on any atom is 0.0788 e. The lowest BCUT2D eigenvalue weighted by Gasteiger charge is -2.18. The molecule has 0 heterocycles. The van der Waals surface area contributed by atoms with Gasteiger partial charge in [-0.2, -0.15) is 0 Å². The van der Waals surface area contributed by atoms with Crippen LogP contribution in [0, 0.1) is 17.8 Å². The largest absolute Gasteiger partial charge is 0.367 e. The third-order valence-electron chi connectivity index (χ3n) is 1.79. The molecular weight excluding hydrogens is 158 g/mol. The van der Waals surface area contributed by atoms with E-state index < -0.39 is 0 Å². The standard InChI is InChI=1S/C12H21N/c1-6-8-12(4)13(5)10-7-9-11(2)3/h11H,4,6,8,10H2,1-3,5H3. The van der Waals surface area contributed by atoms with Gasteiger partial charge in [0.2, 0.25) is 0 Å². The second-order valence-electron chi connectivity index (χ2n) is 3.65. The highest BCUT2D eigenvalue weighted by atomic mass is 15.1. The monoisotopic (exact) mass is 179 g/mol. The smallest absolute Gasteiger partial charge is 0.0788 e. The summed E-state index contributed by atoms with van der Waals surface area (Å²) in [5, 5.41) is 0. The number of allylic oxidation sites excluding steroid dienone is 1. The van der Waals surface area contributed by atoms with Crippen molar-refractivity contribution in [2.24, 2.45) is 5.92 Å². The predicted octanol–water partition coefficient (Wildman–Crippen LogP) is 2.89. The van der Waals surface area contributed by atoms with Crippen LogP contribution in [0.1, 0.15) is 33.6 Å². The molecule has 0 aliphatic heterocycles. The Morgan fingerprint density at radius 1 is 1.46 bits per heavy atom. The number of hydrogen-bond acceptors (Lipinski definition) is 1. The van der Waals surface area contributed by atoms with Crippen molar-refractivity contribution in [3.8, 4) is 11.8 Å². The summed E-state index contributed by atoms with van der Waals surface area (Å²) in [5.74, 6) is 6.75. The lowest BCUT2D eigenvalue weighted by atomic mass is 10.2. The van der Waals surface area contributed by atoms with E-state index in [1.54, 1.807) is 0 Å². The Bertz CT molecular complexity index is 205. The molecule has 0 amide bonds. The van der Waals surface area contributed by atoms with Gasteiger partial charge < -0.3 is 4.90 Å². The fourth-order valence-corrected chi connectivity index (χ4v) is 0.960. The minimum Gasteiger partial charge on any atom is -0.367 e. The van der Waals surface area contributed by atoms with Gasteiger partial charge >= 0.3 is 0 Å². The average Bonchev–Trinajstić information content (AvgIpc) is 2.04. The van der Waals surface area contributed by atoms with Crippen molar-refractivity contribution in [2.75, 3.05) is 13.6 Å². The van der Waals surface area contributed by atoms with Crippen molar-refractivity contribution >= 4 is 0 Å². The van der Waals surface area contributed by atoms with E-state index in [4.69, 9.17) is 0 Å². The van der Waals surface area contributed by atoms with Crippen LogP contribution in [0.5, 0.6) is 0 Å². The van der Waals surface area contributed by atoms with Gasteiger partial charge in [-0.1, -0.05) is 45.6 Å². The van der Waals surface area contributed by atoms with Crippen LogP contribution in [0.2, 0.25) is 0 Å². The Kier molecular flexibility index (Phi) is 6.14. The number of rotatable bonds is 4. The van der Waals surface area contributed by atoms with E-state index in [-0.39, 0.29) is 0 Å². The third-order valence-corrected chi connectivity index (χ3v) is 1.79. The molecule has 1 heteroatoms. The summed E-state index contributed by atoms with van der Waals surface area (Å²) < 4.78 is 0. The van der Waals surface area contributed by atoms with Gasteiger partial charge in [0.05, 0.1) is 6.54 Å². The molecule has 0 unspecified atom stereocenters. The lowest BCUT2D eigenvalue weighted by Crippen LogP contribution is -2.17. The van der Waals surface area contributed by atoms with Gasteiger partial charge in [0.1, 0.15) is 0 Å². The van der Waals surface area contributed by atoms with Gasteiger partial charge in [0.25, 0.3) is 0 Å². The van der Waals surface area contributed by atoms with Crippen LogP contribution in [0.4, 0.5) is 0 Å². The topological polar surface area (TPSA) is 3.24 Å². The van der Waals surface area contributed by atoms with Gasteiger partial charge in [-0.3, -0.25) is 0 Å². The maximum absolute atomic E-state index is 4.00. The Morgan fingerprint density at radius 2 is 2.08 bits per heavy atom.